The van der Waals surface area contributed by atoms with Gasteiger partial charge in [-0.3, -0.25) is 4.79 Å². The highest BCUT2D eigenvalue weighted by Crippen LogP contribution is 2.36. The maximum atomic E-state index is 12.6. The van der Waals surface area contributed by atoms with E-state index in [0.29, 0.717) is 18.1 Å². The molecule has 2 heteroatoms. The molecule has 0 saturated heterocycles. The highest BCUT2D eigenvalue weighted by molar-refractivity contribution is 5.82. The smallest absolute Gasteiger partial charge is 0.136 e. The molecule has 0 N–H and O–H groups in total. The fraction of sp³-hybridized carbons (Fsp3) is 0.611. The van der Waals surface area contributed by atoms with Gasteiger partial charge in [0.2, 0.25) is 0 Å². The van der Waals surface area contributed by atoms with Gasteiger partial charge >= 0.3 is 0 Å². The number of rotatable bonds is 7. The molecule has 0 amide bonds. The fourth-order valence-electron chi connectivity index (χ4n) is 3.20. The Hall–Kier alpha value is -1.31. The van der Waals surface area contributed by atoms with Crippen LogP contribution in [0.3, 0.4) is 0 Å². The van der Waals surface area contributed by atoms with Crippen LogP contribution in [0.4, 0.5) is 0 Å². The van der Waals surface area contributed by atoms with E-state index in [-0.39, 0.29) is 5.92 Å². The van der Waals surface area contributed by atoms with Crippen molar-refractivity contribution in [2.75, 3.05) is 6.61 Å². The van der Waals surface area contributed by atoms with Crippen LogP contribution in [-0.2, 0) is 4.79 Å². The number of benzene rings is 1. The zero-order valence-electron chi connectivity index (χ0n) is 12.7. The van der Waals surface area contributed by atoms with Crippen molar-refractivity contribution in [2.45, 2.75) is 58.3 Å². The van der Waals surface area contributed by atoms with E-state index in [9.17, 15) is 4.79 Å². The molecule has 0 fully saturated rings. The molecule has 0 aromatic heterocycles. The average Bonchev–Trinajstić information content (AvgIpc) is 2.47. The van der Waals surface area contributed by atoms with Gasteiger partial charge in [0, 0.05) is 12.3 Å². The minimum absolute atomic E-state index is 0.264. The summed E-state index contributed by atoms with van der Waals surface area (Å²) in [7, 11) is 0. The Kier molecular flexibility index (Phi) is 5.63. The van der Waals surface area contributed by atoms with Crippen molar-refractivity contribution < 1.29 is 9.53 Å². The monoisotopic (exact) mass is 274 g/mol. The first kappa shape index (κ1) is 15.1. The Labute approximate surface area is 122 Å². The highest BCUT2D eigenvalue weighted by Gasteiger charge is 2.26. The van der Waals surface area contributed by atoms with E-state index in [0.717, 1.165) is 44.5 Å². The van der Waals surface area contributed by atoms with Crippen molar-refractivity contribution >= 4 is 5.78 Å². The molecule has 1 atom stereocenters. The molecule has 0 saturated carbocycles. The first-order chi connectivity index (χ1) is 9.76. The SMILES string of the molecule is CCCC(CCC)C(=O)CC1CCOc2ccccc21. The number of hydrogen-bond donors (Lipinski definition) is 0. The first-order valence-electron chi connectivity index (χ1n) is 8.00. The number of carbonyl (C=O) groups is 1. The van der Waals surface area contributed by atoms with Gasteiger partial charge in [-0.2, -0.15) is 0 Å². The first-order valence-corrected chi connectivity index (χ1v) is 8.00. The second-order valence-electron chi connectivity index (χ2n) is 5.82. The van der Waals surface area contributed by atoms with Crippen LogP contribution < -0.4 is 4.74 Å². The lowest BCUT2D eigenvalue weighted by molar-refractivity contribution is -0.123. The zero-order chi connectivity index (χ0) is 14.4. The quantitative estimate of drug-likeness (QED) is 0.718. The maximum absolute atomic E-state index is 12.6. The summed E-state index contributed by atoms with van der Waals surface area (Å²) in [6, 6.07) is 8.17. The van der Waals surface area contributed by atoms with Crippen LogP contribution in [-0.4, -0.2) is 12.4 Å². The van der Waals surface area contributed by atoms with Crippen molar-refractivity contribution in [2.24, 2.45) is 5.92 Å². The zero-order valence-corrected chi connectivity index (χ0v) is 12.7. The van der Waals surface area contributed by atoms with Crippen LogP contribution in [0.1, 0.15) is 63.9 Å². The Morgan fingerprint density at radius 2 is 1.95 bits per heavy atom. The lowest BCUT2D eigenvalue weighted by atomic mass is 9.83. The third-order valence-electron chi connectivity index (χ3n) is 4.26. The van der Waals surface area contributed by atoms with E-state index in [1.165, 1.54) is 5.56 Å². The third kappa shape index (κ3) is 3.62. The molecule has 110 valence electrons. The van der Waals surface area contributed by atoms with Crippen LogP contribution in [0.5, 0.6) is 5.75 Å². The van der Waals surface area contributed by atoms with E-state index in [1.807, 2.05) is 18.2 Å². The largest absolute Gasteiger partial charge is 0.493 e. The van der Waals surface area contributed by atoms with E-state index in [4.69, 9.17) is 4.74 Å². The number of ketones is 1. The molecule has 1 unspecified atom stereocenters. The standard InChI is InChI=1S/C18H26O2/c1-3-7-14(8-4-2)17(19)13-15-11-12-20-18-10-6-5-9-16(15)18/h5-6,9-10,14-15H,3-4,7-8,11-13H2,1-2H3. The van der Waals surface area contributed by atoms with Gasteiger partial charge in [0.15, 0.2) is 0 Å². The minimum atomic E-state index is 0.264. The van der Waals surface area contributed by atoms with Gasteiger partial charge in [-0.1, -0.05) is 44.9 Å². The van der Waals surface area contributed by atoms with Gasteiger partial charge in [0.1, 0.15) is 11.5 Å². The Morgan fingerprint density at radius 1 is 1.25 bits per heavy atom. The molecule has 0 spiro atoms. The molecule has 0 radical (unpaired) electrons. The summed E-state index contributed by atoms with van der Waals surface area (Å²) in [6.45, 7) is 5.07. The number of ether oxygens (including phenoxy) is 1. The molecular formula is C18H26O2. The molecule has 0 bridgehead atoms. The molecule has 2 nitrogen and oxygen atoms in total. The maximum Gasteiger partial charge on any atom is 0.136 e. The molecular weight excluding hydrogens is 248 g/mol. The van der Waals surface area contributed by atoms with Gasteiger partial charge in [-0.15, -0.1) is 0 Å². The van der Waals surface area contributed by atoms with E-state index < -0.39 is 0 Å². The van der Waals surface area contributed by atoms with Gasteiger partial charge < -0.3 is 4.74 Å². The summed E-state index contributed by atoms with van der Waals surface area (Å²) < 4.78 is 5.68. The van der Waals surface area contributed by atoms with Gasteiger partial charge in [-0.25, -0.2) is 0 Å². The second kappa shape index (κ2) is 7.47. The van der Waals surface area contributed by atoms with Gasteiger partial charge in [0.25, 0.3) is 0 Å². The second-order valence-corrected chi connectivity index (χ2v) is 5.82. The predicted octanol–water partition coefficient (Wildman–Crippen LogP) is 4.73. The van der Waals surface area contributed by atoms with E-state index in [2.05, 4.69) is 19.9 Å². The normalized spacial score (nSPS) is 17.6. The summed E-state index contributed by atoms with van der Waals surface area (Å²) in [5, 5.41) is 0. The Bertz CT molecular complexity index is 433. The molecule has 2 rings (SSSR count). The van der Waals surface area contributed by atoms with Crippen LogP contribution in [0.2, 0.25) is 0 Å². The number of Topliss-reactive ketones (excluding diaryl/α,β-unsaturated/α-hetero) is 1. The number of para-hydroxylation sites is 1. The molecule has 1 heterocycles. The van der Waals surface area contributed by atoms with Crippen molar-refractivity contribution in [3.05, 3.63) is 29.8 Å². The summed E-state index contributed by atoms with van der Waals surface area (Å²) >= 11 is 0. The highest BCUT2D eigenvalue weighted by atomic mass is 16.5. The fourth-order valence-corrected chi connectivity index (χ4v) is 3.20. The topological polar surface area (TPSA) is 26.3 Å². The summed E-state index contributed by atoms with van der Waals surface area (Å²) in [5.74, 6) is 2.04. The van der Waals surface area contributed by atoms with Crippen molar-refractivity contribution in [3.8, 4) is 5.75 Å². The minimum Gasteiger partial charge on any atom is -0.493 e. The molecule has 1 aromatic rings. The lowest BCUT2D eigenvalue weighted by Gasteiger charge is -2.26. The number of carbonyl (C=O) groups excluding carboxylic acids is 1. The molecule has 1 aliphatic rings. The van der Waals surface area contributed by atoms with Crippen LogP contribution in [0.25, 0.3) is 0 Å². The third-order valence-corrected chi connectivity index (χ3v) is 4.26. The van der Waals surface area contributed by atoms with Gasteiger partial charge in [-0.05, 0) is 36.8 Å². The summed E-state index contributed by atoms with van der Waals surface area (Å²) in [6.07, 6.45) is 5.93. The molecule has 0 aliphatic carbocycles. The number of fused-ring (bicyclic) bond motifs is 1. The lowest BCUT2D eigenvalue weighted by Crippen LogP contribution is -2.21. The van der Waals surface area contributed by atoms with Crippen molar-refractivity contribution in [3.63, 3.8) is 0 Å². The van der Waals surface area contributed by atoms with Gasteiger partial charge in [0.05, 0.1) is 6.61 Å². The van der Waals surface area contributed by atoms with Crippen LogP contribution in [0, 0.1) is 5.92 Å². The van der Waals surface area contributed by atoms with Crippen LogP contribution in [0.15, 0.2) is 24.3 Å². The van der Waals surface area contributed by atoms with E-state index in [1.54, 1.807) is 0 Å². The number of hydrogen-bond acceptors (Lipinski definition) is 2. The summed E-state index contributed by atoms with van der Waals surface area (Å²) in [5.41, 5.74) is 1.22. The molecule has 1 aromatic carbocycles. The Morgan fingerprint density at radius 3 is 2.65 bits per heavy atom. The molecule has 20 heavy (non-hydrogen) atoms. The molecule has 1 aliphatic heterocycles. The summed E-state index contributed by atoms with van der Waals surface area (Å²) in [4.78, 5) is 12.6. The van der Waals surface area contributed by atoms with E-state index >= 15 is 0 Å². The van der Waals surface area contributed by atoms with Crippen molar-refractivity contribution in [1.29, 1.82) is 0 Å². The average molecular weight is 274 g/mol. The Balaban J connectivity index is 2.04. The van der Waals surface area contributed by atoms with Crippen molar-refractivity contribution in [1.82, 2.24) is 0 Å². The predicted molar refractivity (Wildman–Crippen MR) is 82.2 cm³/mol. The van der Waals surface area contributed by atoms with Crippen LogP contribution >= 0.6 is 0 Å².